The fourth-order valence-electron chi connectivity index (χ4n) is 2.81. The van der Waals surface area contributed by atoms with E-state index >= 15 is 0 Å². The highest BCUT2D eigenvalue weighted by molar-refractivity contribution is 7.21. The third-order valence-electron chi connectivity index (χ3n) is 4.16. The van der Waals surface area contributed by atoms with Gasteiger partial charge in [0.25, 0.3) is 0 Å². The summed E-state index contributed by atoms with van der Waals surface area (Å²) in [6.07, 6.45) is -0.758. The van der Waals surface area contributed by atoms with Crippen molar-refractivity contribution in [1.29, 1.82) is 0 Å². The Morgan fingerprint density at radius 3 is 2.82 bits per heavy atom. The molecule has 0 saturated heterocycles. The number of hydrogen-bond donors (Lipinski definition) is 0. The first-order chi connectivity index (χ1) is 13.5. The van der Waals surface area contributed by atoms with Crippen LogP contribution in [0.15, 0.2) is 57.7 Å². The van der Waals surface area contributed by atoms with E-state index in [9.17, 15) is 9.59 Å². The highest BCUT2D eigenvalue weighted by atomic mass is 32.1. The molecule has 0 aliphatic carbocycles. The molecule has 142 valence electrons. The third kappa shape index (κ3) is 3.48. The molecule has 2 aromatic carbocycles. The number of hydrogen-bond acceptors (Lipinski definition) is 7. The van der Waals surface area contributed by atoms with Gasteiger partial charge in [-0.3, -0.25) is 0 Å². The molecule has 0 amide bonds. The van der Waals surface area contributed by atoms with E-state index in [4.69, 9.17) is 13.9 Å². The maximum atomic E-state index is 12.5. The molecular formula is C21H17NO5S. The van der Waals surface area contributed by atoms with Crippen molar-refractivity contribution in [1.82, 2.24) is 4.98 Å². The van der Waals surface area contributed by atoms with Gasteiger partial charge in [-0.1, -0.05) is 12.1 Å². The lowest BCUT2D eigenvalue weighted by Crippen LogP contribution is -2.26. The van der Waals surface area contributed by atoms with Crippen LogP contribution in [-0.4, -0.2) is 23.7 Å². The van der Waals surface area contributed by atoms with Crippen molar-refractivity contribution in [3.05, 3.63) is 59.0 Å². The van der Waals surface area contributed by atoms with Gasteiger partial charge in [-0.05, 0) is 44.2 Å². The second kappa shape index (κ2) is 7.44. The second-order valence-corrected chi connectivity index (χ2v) is 7.18. The fraction of sp³-hybridized carbons (Fsp3) is 0.190. The maximum absolute atomic E-state index is 12.5. The molecule has 7 heteroatoms. The average molecular weight is 395 g/mol. The highest BCUT2D eigenvalue weighted by Gasteiger charge is 2.17. The van der Waals surface area contributed by atoms with Crippen LogP contribution in [0.5, 0.6) is 5.75 Å². The lowest BCUT2D eigenvalue weighted by atomic mass is 10.2. The summed E-state index contributed by atoms with van der Waals surface area (Å²) in [7, 11) is 0. The number of nitrogens with zero attached hydrogens (tertiary/aromatic N) is 1. The van der Waals surface area contributed by atoms with E-state index < -0.39 is 17.7 Å². The Kier molecular flexibility index (Phi) is 4.83. The zero-order chi connectivity index (χ0) is 19.7. The van der Waals surface area contributed by atoms with Crippen LogP contribution in [0, 0.1) is 0 Å². The van der Waals surface area contributed by atoms with Crippen LogP contribution in [-0.2, 0) is 9.53 Å². The Labute approximate surface area is 164 Å². The molecule has 0 N–H and O–H groups in total. The Morgan fingerprint density at radius 2 is 2.04 bits per heavy atom. The standard InChI is InChI=1S/C21H17NO5S/c1-3-25-20(23)12(2)26-14-9-8-13-10-15(21(24)27-17(13)11-14)19-22-16-6-4-5-7-18(16)28-19/h4-12H,3H2,1-2H3/t12-/m0/s1. The molecule has 1 atom stereocenters. The number of para-hydroxylation sites is 1. The van der Waals surface area contributed by atoms with E-state index in [1.807, 2.05) is 24.3 Å². The largest absolute Gasteiger partial charge is 0.479 e. The topological polar surface area (TPSA) is 78.6 Å². The molecule has 0 unspecified atom stereocenters. The van der Waals surface area contributed by atoms with Crippen LogP contribution in [0.4, 0.5) is 0 Å². The molecular weight excluding hydrogens is 378 g/mol. The summed E-state index contributed by atoms with van der Waals surface area (Å²) in [6, 6.07) is 14.6. The zero-order valence-corrected chi connectivity index (χ0v) is 16.1. The minimum atomic E-state index is -0.758. The summed E-state index contributed by atoms with van der Waals surface area (Å²) >= 11 is 1.45. The predicted molar refractivity (Wildman–Crippen MR) is 108 cm³/mol. The number of ether oxygens (including phenoxy) is 2. The first-order valence-electron chi connectivity index (χ1n) is 8.82. The Hall–Kier alpha value is -3.19. The summed E-state index contributed by atoms with van der Waals surface area (Å²) in [5.41, 5.74) is 1.17. The molecule has 0 radical (unpaired) electrons. The van der Waals surface area contributed by atoms with Gasteiger partial charge >= 0.3 is 11.6 Å². The van der Waals surface area contributed by atoms with Gasteiger partial charge in [-0.25, -0.2) is 14.6 Å². The lowest BCUT2D eigenvalue weighted by molar-refractivity contribution is -0.150. The molecule has 4 aromatic rings. The van der Waals surface area contributed by atoms with Gasteiger partial charge in [-0.15, -0.1) is 11.3 Å². The number of fused-ring (bicyclic) bond motifs is 2. The predicted octanol–water partition coefficient (Wildman–Crippen LogP) is 4.40. The maximum Gasteiger partial charge on any atom is 0.347 e. The number of esters is 1. The molecule has 0 fully saturated rings. The monoisotopic (exact) mass is 395 g/mol. The van der Waals surface area contributed by atoms with E-state index in [-0.39, 0.29) is 6.61 Å². The van der Waals surface area contributed by atoms with Crippen molar-refractivity contribution in [2.75, 3.05) is 6.61 Å². The molecule has 28 heavy (non-hydrogen) atoms. The zero-order valence-electron chi connectivity index (χ0n) is 15.3. The van der Waals surface area contributed by atoms with Crippen molar-refractivity contribution in [3.8, 4) is 16.3 Å². The summed E-state index contributed by atoms with van der Waals surface area (Å²) in [4.78, 5) is 28.8. The summed E-state index contributed by atoms with van der Waals surface area (Å²) in [6.45, 7) is 3.63. The molecule has 0 aliphatic rings. The third-order valence-corrected chi connectivity index (χ3v) is 5.23. The summed E-state index contributed by atoms with van der Waals surface area (Å²) < 4.78 is 17.0. The molecule has 0 aliphatic heterocycles. The van der Waals surface area contributed by atoms with Crippen molar-refractivity contribution >= 4 is 38.5 Å². The quantitative estimate of drug-likeness (QED) is 0.368. The average Bonchev–Trinajstić information content (AvgIpc) is 3.11. The van der Waals surface area contributed by atoms with Crippen LogP contribution < -0.4 is 10.4 Å². The smallest absolute Gasteiger partial charge is 0.347 e. The van der Waals surface area contributed by atoms with Gasteiger partial charge in [-0.2, -0.15) is 0 Å². The van der Waals surface area contributed by atoms with E-state index in [1.54, 1.807) is 38.1 Å². The molecule has 0 bridgehead atoms. The molecule has 2 heterocycles. The number of aromatic nitrogens is 1. The molecule has 0 spiro atoms. The van der Waals surface area contributed by atoms with Crippen molar-refractivity contribution in [2.24, 2.45) is 0 Å². The highest BCUT2D eigenvalue weighted by Crippen LogP contribution is 2.30. The first-order valence-corrected chi connectivity index (χ1v) is 9.64. The number of benzene rings is 2. The first kappa shape index (κ1) is 18.2. The van der Waals surface area contributed by atoms with Crippen LogP contribution >= 0.6 is 11.3 Å². The SMILES string of the molecule is CCOC(=O)[C@H](C)Oc1ccc2cc(-c3nc4ccccc4s3)c(=O)oc2c1. The van der Waals surface area contributed by atoms with E-state index in [1.165, 1.54) is 11.3 Å². The second-order valence-electron chi connectivity index (χ2n) is 6.15. The fourth-order valence-corrected chi connectivity index (χ4v) is 3.78. The van der Waals surface area contributed by atoms with Crippen LogP contribution in [0.25, 0.3) is 31.8 Å². The Balaban J connectivity index is 1.68. The lowest BCUT2D eigenvalue weighted by Gasteiger charge is -2.13. The number of carbonyl (C=O) groups excluding carboxylic acids is 1. The van der Waals surface area contributed by atoms with E-state index in [2.05, 4.69) is 4.98 Å². The van der Waals surface area contributed by atoms with Crippen molar-refractivity contribution < 1.29 is 18.7 Å². The Bertz CT molecular complexity index is 1190. The number of carbonyl (C=O) groups is 1. The van der Waals surface area contributed by atoms with Gasteiger partial charge < -0.3 is 13.9 Å². The van der Waals surface area contributed by atoms with E-state index in [0.29, 0.717) is 21.9 Å². The molecule has 6 nitrogen and oxygen atoms in total. The van der Waals surface area contributed by atoms with Gasteiger partial charge in [0.05, 0.1) is 22.4 Å². The van der Waals surface area contributed by atoms with Crippen LogP contribution in [0.1, 0.15) is 13.8 Å². The molecule has 0 saturated carbocycles. The number of rotatable bonds is 5. The Morgan fingerprint density at radius 1 is 1.21 bits per heavy atom. The van der Waals surface area contributed by atoms with Crippen molar-refractivity contribution in [2.45, 2.75) is 20.0 Å². The molecule has 2 aromatic heterocycles. The van der Waals surface area contributed by atoms with E-state index in [0.717, 1.165) is 15.6 Å². The van der Waals surface area contributed by atoms with Gasteiger partial charge in [0, 0.05) is 11.5 Å². The van der Waals surface area contributed by atoms with Gasteiger partial charge in [0.2, 0.25) is 0 Å². The van der Waals surface area contributed by atoms with Crippen molar-refractivity contribution in [3.63, 3.8) is 0 Å². The van der Waals surface area contributed by atoms with Gasteiger partial charge in [0.15, 0.2) is 6.10 Å². The van der Waals surface area contributed by atoms with Crippen LogP contribution in [0.3, 0.4) is 0 Å². The molecule has 4 rings (SSSR count). The van der Waals surface area contributed by atoms with Crippen LogP contribution in [0.2, 0.25) is 0 Å². The number of thiazole rings is 1. The summed E-state index contributed by atoms with van der Waals surface area (Å²) in [5, 5.41) is 1.36. The summed E-state index contributed by atoms with van der Waals surface area (Å²) in [5.74, 6) is -0.0285. The minimum Gasteiger partial charge on any atom is -0.479 e. The van der Waals surface area contributed by atoms with Gasteiger partial charge in [0.1, 0.15) is 16.3 Å². The minimum absolute atomic E-state index is 0.285. The normalized spacial score (nSPS) is 12.2.